The third kappa shape index (κ3) is 8.22. The Labute approximate surface area is 312 Å². The Morgan fingerprint density at radius 2 is 1.21 bits per heavy atom. The summed E-state index contributed by atoms with van der Waals surface area (Å²) in [6, 6.07) is -3.16. The molecule has 282 valence electrons. The highest BCUT2D eigenvalue weighted by molar-refractivity contribution is 7.10. The Morgan fingerprint density at radius 3 is 1.75 bits per heavy atom. The molecule has 2 aliphatic heterocycles. The van der Waals surface area contributed by atoms with Gasteiger partial charge in [0.1, 0.15) is 45.4 Å². The molecule has 2 unspecified atom stereocenters. The van der Waals surface area contributed by atoms with E-state index in [2.05, 4.69) is 36.2 Å². The lowest BCUT2D eigenvalue weighted by atomic mass is 9.98. The van der Waals surface area contributed by atoms with Gasteiger partial charge >= 0.3 is 0 Å². The first-order valence-corrected chi connectivity index (χ1v) is 19.7. The number of aliphatic imine (C=N–C) groups is 1. The van der Waals surface area contributed by atoms with E-state index >= 15 is 0 Å². The molecule has 16 heteroatoms. The number of thiazole rings is 2. The lowest BCUT2D eigenvalue weighted by Crippen LogP contribution is -2.45. The molecule has 3 aromatic heterocycles. The predicted octanol–water partition coefficient (Wildman–Crippen LogP) is 5.70. The van der Waals surface area contributed by atoms with Crippen LogP contribution in [0.3, 0.4) is 0 Å². The smallest absolute Gasteiger partial charge is 0.274 e. The Morgan fingerprint density at radius 1 is 0.712 bits per heavy atom. The third-order valence-corrected chi connectivity index (χ3v) is 11.7. The van der Waals surface area contributed by atoms with Crippen molar-refractivity contribution in [2.45, 2.75) is 118 Å². The molecule has 5 heterocycles. The molecule has 0 spiro atoms. The van der Waals surface area contributed by atoms with Gasteiger partial charge in [0.15, 0.2) is 11.7 Å². The van der Waals surface area contributed by atoms with Gasteiger partial charge in [0.25, 0.3) is 17.7 Å². The molecule has 4 amide bonds. The number of fused-ring (bicyclic) bond motifs is 7. The Kier molecular flexibility index (Phi) is 12.2. The number of ether oxygens (including phenoxy) is 1. The summed E-state index contributed by atoms with van der Waals surface area (Å²) in [5, 5.41) is 16.7. The van der Waals surface area contributed by atoms with Crippen LogP contribution in [-0.4, -0.2) is 62.7 Å². The quantitative estimate of drug-likeness (QED) is 0.245. The van der Waals surface area contributed by atoms with Crippen molar-refractivity contribution in [1.29, 1.82) is 0 Å². The Balaban J connectivity index is 1.57. The summed E-state index contributed by atoms with van der Waals surface area (Å²) in [6.07, 6.45) is 0.814. The van der Waals surface area contributed by atoms with Crippen LogP contribution in [0, 0.1) is 30.6 Å². The van der Waals surface area contributed by atoms with Crippen molar-refractivity contribution in [2.75, 3.05) is 0 Å². The molecular weight excluding hydrogens is 705 g/mol. The number of hydrogen-bond acceptors (Lipinski definition) is 12. The van der Waals surface area contributed by atoms with Crippen molar-refractivity contribution in [3.8, 4) is 0 Å². The number of nitrogens with one attached hydrogen (secondary N) is 4. The van der Waals surface area contributed by atoms with E-state index in [0.717, 1.165) is 0 Å². The third-order valence-electron chi connectivity index (χ3n) is 9.80. The Bertz CT molecular complexity index is 1810. The molecule has 0 radical (unpaired) electrons. The summed E-state index contributed by atoms with van der Waals surface area (Å²) in [7, 11) is 0. The molecule has 0 aromatic carbocycles. The topological polar surface area (TPSA) is 190 Å². The summed E-state index contributed by atoms with van der Waals surface area (Å²) in [4.78, 5) is 73.5. The minimum Gasteiger partial charge on any atom is -0.474 e. The van der Waals surface area contributed by atoms with E-state index in [4.69, 9.17) is 14.1 Å². The maximum absolute atomic E-state index is 13.8. The van der Waals surface area contributed by atoms with Crippen molar-refractivity contribution in [2.24, 2.45) is 28.7 Å². The first-order valence-electron chi connectivity index (χ1n) is 18.0. The fraction of sp³-hybridized carbons (Fsp3) is 0.611. The van der Waals surface area contributed by atoms with Gasteiger partial charge in [0.05, 0.1) is 12.1 Å². The van der Waals surface area contributed by atoms with Crippen LogP contribution in [0.25, 0.3) is 0 Å². The summed E-state index contributed by atoms with van der Waals surface area (Å²) in [5.74, 6) is -1.18. The van der Waals surface area contributed by atoms with Crippen LogP contribution < -0.4 is 21.3 Å². The molecule has 5 rings (SSSR count). The normalized spacial score (nSPS) is 25.7. The van der Waals surface area contributed by atoms with Crippen molar-refractivity contribution in [3.63, 3.8) is 0 Å². The summed E-state index contributed by atoms with van der Waals surface area (Å²) in [5.41, 5.74) is 0.481. The van der Waals surface area contributed by atoms with Crippen LogP contribution in [0.2, 0.25) is 0 Å². The molecule has 4 N–H and O–H groups in total. The number of aryl methyl sites for hydroxylation is 1. The van der Waals surface area contributed by atoms with Gasteiger partial charge in [0.2, 0.25) is 17.7 Å². The highest BCUT2D eigenvalue weighted by atomic mass is 32.1. The second-order valence-electron chi connectivity index (χ2n) is 14.4. The van der Waals surface area contributed by atoms with Gasteiger partial charge in [-0.1, -0.05) is 68.2 Å². The van der Waals surface area contributed by atoms with Gasteiger partial charge in [-0.15, -0.1) is 22.7 Å². The van der Waals surface area contributed by atoms with Gasteiger partial charge in [-0.25, -0.2) is 19.9 Å². The highest BCUT2D eigenvalue weighted by Crippen LogP contribution is 2.31. The fourth-order valence-corrected chi connectivity index (χ4v) is 8.10. The first kappa shape index (κ1) is 39.0. The summed E-state index contributed by atoms with van der Waals surface area (Å²) >= 11 is 2.55. The van der Waals surface area contributed by atoms with Crippen LogP contribution in [0.4, 0.5) is 0 Å². The largest absolute Gasteiger partial charge is 0.474 e. The Hall–Kier alpha value is -4.18. The zero-order valence-corrected chi connectivity index (χ0v) is 33.0. The number of carbonyl (C=O) groups is 4. The molecule has 0 fully saturated rings. The molecule has 2 aliphatic rings. The van der Waals surface area contributed by atoms with E-state index in [1.54, 1.807) is 24.6 Å². The van der Waals surface area contributed by atoms with Crippen molar-refractivity contribution < 1.29 is 28.3 Å². The maximum Gasteiger partial charge on any atom is 0.274 e. The number of aromatic nitrogens is 3. The summed E-state index contributed by atoms with van der Waals surface area (Å²) < 4.78 is 12.2. The molecule has 3 aromatic rings. The zero-order chi connectivity index (χ0) is 38.0. The lowest BCUT2D eigenvalue weighted by molar-refractivity contribution is -0.124. The second kappa shape index (κ2) is 16.2. The molecule has 0 saturated heterocycles. The molecular formula is C36H50N8O6S2. The van der Waals surface area contributed by atoms with Crippen LogP contribution in [-0.2, 0) is 9.53 Å². The number of rotatable bonds is 6. The van der Waals surface area contributed by atoms with E-state index < -0.39 is 54.0 Å². The number of carbonyl (C=O) groups excluding carboxylic acids is 4. The molecule has 52 heavy (non-hydrogen) atoms. The standard InChI is InChI=1S/C36H50N8O6S2/c1-11-17(7)25-33-43-27(19(9)49-33)31(47)39-24(16(5)6)36-38-22(14-52-36)30(46)42-26(18(8)12-2)34-44-28(20(10)50-34)32(48)40-23(15(3)4)35-37-21(13-51-35)29(45)41-25/h13-19,23-27H,11-12H2,1-10H3,(H,39,47)(H,40,48)(H,41,45)(H,42,46)/t17?,18?,19-,23-,24-,25+,26+,27+/m1/s1. The van der Waals surface area contributed by atoms with E-state index in [-0.39, 0.29) is 58.4 Å². The second-order valence-corrected chi connectivity index (χ2v) is 16.2. The fourth-order valence-electron chi connectivity index (χ4n) is 6.05. The molecule has 8 bridgehead atoms. The van der Waals surface area contributed by atoms with Gasteiger partial charge in [-0.3, -0.25) is 19.2 Å². The minimum absolute atomic E-state index is 0.0659. The molecule has 14 nitrogen and oxygen atoms in total. The van der Waals surface area contributed by atoms with Crippen molar-refractivity contribution in [1.82, 2.24) is 36.2 Å². The van der Waals surface area contributed by atoms with Gasteiger partial charge < -0.3 is 30.4 Å². The van der Waals surface area contributed by atoms with Gasteiger partial charge in [0, 0.05) is 10.8 Å². The maximum atomic E-state index is 13.8. The van der Waals surface area contributed by atoms with Crippen LogP contribution in [0.1, 0.15) is 146 Å². The monoisotopic (exact) mass is 754 g/mol. The van der Waals surface area contributed by atoms with E-state index in [1.165, 1.54) is 22.7 Å². The van der Waals surface area contributed by atoms with Crippen LogP contribution in [0.5, 0.6) is 0 Å². The molecule has 0 saturated carbocycles. The van der Waals surface area contributed by atoms with E-state index in [1.807, 2.05) is 55.4 Å². The molecule has 8 atom stereocenters. The average Bonchev–Trinajstić information content (AvgIpc) is 3.92. The van der Waals surface area contributed by atoms with E-state index in [0.29, 0.717) is 28.6 Å². The first-order chi connectivity index (χ1) is 24.6. The highest BCUT2D eigenvalue weighted by Gasteiger charge is 2.40. The zero-order valence-electron chi connectivity index (χ0n) is 31.4. The van der Waals surface area contributed by atoms with Crippen LogP contribution >= 0.6 is 22.7 Å². The predicted molar refractivity (Wildman–Crippen MR) is 198 cm³/mol. The summed E-state index contributed by atoms with van der Waals surface area (Å²) in [6.45, 7) is 19.2. The van der Waals surface area contributed by atoms with E-state index in [9.17, 15) is 19.2 Å². The van der Waals surface area contributed by atoms with Crippen molar-refractivity contribution in [3.05, 3.63) is 49.5 Å². The van der Waals surface area contributed by atoms with Gasteiger partial charge in [-0.05, 0) is 37.5 Å². The molecule has 0 aliphatic carbocycles. The number of oxazole rings is 1. The average molecular weight is 755 g/mol. The van der Waals surface area contributed by atoms with Crippen molar-refractivity contribution >= 4 is 52.2 Å². The minimum atomic E-state index is -0.861. The SMILES string of the molecule is CCC(C)[C@@H]1NC(=O)c2csc(n2)[C@@H](C(C)C)NC(=O)c2nc(oc2C)[C@H](C(C)CC)NC(=O)c2csc(n2)[C@@H](C(C)C)NC(=O)[C@H]2N=C1O[C@@H]2C. The lowest BCUT2D eigenvalue weighted by Gasteiger charge is -2.24. The van der Waals surface area contributed by atoms with Crippen LogP contribution in [0.15, 0.2) is 20.2 Å². The van der Waals surface area contributed by atoms with Gasteiger partial charge in [-0.2, -0.15) is 0 Å². The number of hydrogen-bond donors (Lipinski definition) is 4. The number of nitrogens with zero attached hydrogens (tertiary/aromatic N) is 4. The number of amides is 4.